The van der Waals surface area contributed by atoms with Crippen LogP contribution in [-0.4, -0.2) is 27.0 Å². The fraction of sp³-hybridized carbons (Fsp3) is 0.333. The maximum atomic E-state index is 12.3. The molecule has 96 valence electrons. The summed E-state index contributed by atoms with van der Waals surface area (Å²) in [5, 5.41) is 6.56. The fourth-order valence-electron chi connectivity index (χ4n) is 1.47. The lowest BCUT2D eigenvalue weighted by Gasteiger charge is -2.06. The summed E-state index contributed by atoms with van der Waals surface area (Å²) < 4.78 is 41.4. The minimum Gasteiger partial charge on any atom is -0.354 e. The van der Waals surface area contributed by atoms with Crippen molar-refractivity contribution >= 4 is 16.9 Å². The summed E-state index contributed by atoms with van der Waals surface area (Å²) in [5.41, 5.74) is -1.15. The summed E-state index contributed by atoms with van der Waals surface area (Å²) in [4.78, 5) is 22.8. The molecule has 0 aliphatic rings. The zero-order chi connectivity index (χ0) is 13.7. The first-order valence-corrected chi connectivity index (χ1v) is 4.71. The molecule has 2 heterocycles. The van der Waals surface area contributed by atoms with Gasteiger partial charge in [0.25, 0.3) is 5.56 Å². The zero-order valence-corrected chi connectivity index (χ0v) is 9.20. The maximum absolute atomic E-state index is 12.3. The summed E-state index contributed by atoms with van der Waals surface area (Å²) >= 11 is 0. The van der Waals surface area contributed by atoms with Gasteiger partial charge in [0.15, 0.2) is 5.58 Å². The van der Waals surface area contributed by atoms with Crippen molar-refractivity contribution in [3.63, 3.8) is 0 Å². The maximum Gasteiger partial charge on any atom is 0.473 e. The molecule has 0 saturated heterocycles. The second-order valence-corrected chi connectivity index (χ2v) is 3.58. The van der Waals surface area contributed by atoms with E-state index in [9.17, 15) is 22.8 Å². The van der Waals surface area contributed by atoms with E-state index in [0.717, 1.165) is 0 Å². The first kappa shape index (κ1) is 12.3. The number of aromatic nitrogens is 3. The van der Waals surface area contributed by atoms with Crippen molar-refractivity contribution in [3.05, 3.63) is 21.7 Å². The van der Waals surface area contributed by atoms with Crippen LogP contribution < -0.4 is 5.56 Å². The Labute approximate surface area is 97.0 Å². The summed E-state index contributed by atoms with van der Waals surface area (Å²) in [6.45, 7) is 2.70. The molecule has 0 amide bonds. The minimum absolute atomic E-state index is 0.0243. The SMILES string of the molecule is Cc1nn(C(=O)C(F)(F)F)c(=O)c2c(C)noc12. The van der Waals surface area contributed by atoms with Gasteiger partial charge in [0.2, 0.25) is 0 Å². The van der Waals surface area contributed by atoms with Gasteiger partial charge in [-0.15, -0.1) is 0 Å². The van der Waals surface area contributed by atoms with Crippen molar-refractivity contribution in [2.24, 2.45) is 0 Å². The highest BCUT2D eigenvalue weighted by Crippen LogP contribution is 2.19. The van der Waals surface area contributed by atoms with Crippen LogP contribution in [0.1, 0.15) is 16.2 Å². The number of nitrogens with zero attached hydrogens (tertiary/aromatic N) is 3. The molecule has 0 aliphatic carbocycles. The Hall–Kier alpha value is -2.19. The highest BCUT2D eigenvalue weighted by molar-refractivity contribution is 5.87. The third-order valence-electron chi connectivity index (χ3n) is 2.28. The average molecular weight is 261 g/mol. The normalized spacial score (nSPS) is 12.1. The Morgan fingerprint density at radius 3 is 2.44 bits per heavy atom. The van der Waals surface area contributed by atoms with Crippen LogP contribution >= 0.6 is 0 Å². The molecular weight excluding hydrogens is 255 g/mol. The van der Waals surface area contributed by atoms with E-state index in [4.69, 9.17) is 4.52 Å². The van der Waals surface area contributed by atoms with Gasteiger partial charge in [0.05, 0.1) is 5.69 Å². The van der Waals surface area contributed by atoms with Gasteiger partial charge in [-0.25, -0.2) is 0 Å². The lowest BCUT2D eigenvalue weighted by Crippen LogP contribution is -2.38. The van der Waals surface area contributed by atoms with Crippen LogP contribution in [0.3, 0.4) is 0 Å². The van der Waals surface area contributed by atoms with E-state index in [-0.39, 0.29) is 27.0 Å². The molecule has 2 aromatic heterocycles. The molecule has 0 spiro atoms. The van der Waals surface area contributed by atoms with Crippen molar-refractivity contribution in [1.29, 1.82) is 0 Å². The monoisotopic (exact) mass is 261 g/mol. The lowest BCUT2D eigenvalue weighted by atomic mass is 10.2. The van der Waals surface area contributed by atoms with Gasteiger partial charge in [-0.05, 0) is 13.8 Å². The van der Waals surface area contributed by atoms with E-state index in [1.165, 1.54) is 13.8 Å². The first-order valence-electron chi connectivity index (χ1n) is 4.71. The summed E-state index contributed by atoms with van der Waals surface area (Å²) in [6, 6.07) is 0. The van der Waals surface area contributed by atoms with Gasteiger partial charge in [0.1, 0.15) is 11.1 Å². The summed E-state index contributed by atoms with van der Waals surface area (Å²) in [5.74, 6) is -2.35. The van der Waals surface area contributed by atoms with Crippen LogP contribution in [0.4, 0.5) is 13.2 Å². The fourth-order valence-corrected chi connectivity index (χ4v) is 1.47. The number of halogens is 3. The second-order valence-electron chi connectivity index (χ2n) is 3.58. The number of rotatable bonds is 0. The van der Waals surface area contributed by atoms with Crippen molar-refractivity contribution in [1.82, 2.24) is 14.9 Å². The molecule has 0 saturated carbocycles. The third-order valence-corrected chi connectivity index (χ3v) is 2.28. The Kier molecular flexibility index (Phi) is 2.49. The molecule has 0 radical (unpaired) electrons. The number of hydrogen-bond acceptors (Lipinski definition) is 5. The molecule has 9 heteroatoms. The molecule has 2 rings (SSSR count). The summed E-state index contributed by atoms with van der Waals surface area (Å²) in [6.07, 6.45) is -5.18. The van der Waals surface area contributed by atoms with Crippen molar-refractivity contribution in [2.75, 3.05) is 0 Å². The standard InChI is InChI=1S/C9H6F3N3O3/c1-3-5-6(18-14-3)4(2)13-15(7(5)16)8(17)9(10,11)12/h1-2H3. The Morgan fingerprint density at radius 1 is 1.28 bits per heavy atom. The largest absolute Gasteiger partial charge is 0.473 e. The highest BCUT2D eigenvalue weighted by atomic mass is 19.4. The van der Waals surface area contributed by atoms with Crippen LogP contribution in [0.25, 0.3) is 11.0 Å². The molecular formula is C9H6F3N3O3. The van der Waals surface area contributed by atoms with E-state index in [2.05, 4.69) is 10.3 Å². The Balaban J connectivity index is 2.82. The van der Waals surface area contributed by atoms with E-state index in [1.807, 2.05) is 0 Å². The second kappa shape index (κ2) is 3.65. The van der Waals surface area contributed by atoms with Gasteiger partial charge in [-0.2, -0.15) is 23.0 Å². The lowest BCUT2D eigenvalue weighted by molar-refractivity contribution is -0.0959. The number of fused-ring (bicyclic) bond motifs is 1. The molecule has 0 bridgehead atoms. The van der Waals surface area contributed by atoms with E-state index in [0.29, 0.717) is 0 Å². The number of aryl methyl sites for hydroxylation is 2. The molecule has 0 unspecified atom stereocenters. The first-order chi connectivity index (χ1) is 8.23. The summed E-state index contributed by atoms with van der Waals surface area (Å²) in [7, 11) is 0. The quantitative estimate of drug-likeness (QED) is 0.712. The topological polar surface area (TPSA) is 78.0 Å². The van der Waals surface area contributed by atoms with Gasteiger partial charge in [-0.3, -0.25) is 9.59 Å². The molecule has 0 aromatic carbocycles. The van der Waals surface area contributed by atoms with Gasteiger partial charge >= 0.3 is 12.1 Å². The van der Waals surface area contributed by atoms with E-state index < -0.39 is 17.6 Å². The predicted molar refractivity (Wildman–Crippen MR) is 52.2 cm³/mol. The van der Waals surface area contributed by atoms with Crippen molar-refractivity contribution < 1.29 is 22.5 Å². The Morgan fingerprint density at radius 2 is 1.89 bits per heavy atom. The third kappa shape index (κ3) is 1.67. The van der Waals surface area contributed by atoms with Crippen molar-refractivity contribution in [3.8, 4) is 0 Å². The van der Waals surface area contributed by atoms with Crippen LogP contribution in [0.15, 0.2) is 9.32 Å². The highest BCUT2D eigenvalue weighted by Gasteiger charge is 2.42. The average Bonchev–Trinajstić information content (AvgIpc) is 2.64. The minimum atomic E-state index is -5.18. The molecule has 0 atom stereocenters. The van der Waals surface area contributed by atoms with Gasteiger partial charge in [-0.1, -0.05) is 5.16 Å². The number of alkyl halides is 3. The smallest absolute Gasteiger partial charge is 0.354 e. The molecule has 0 fully saturated rings. The molecule has 0 aliphatic heterocycles. The van der Waals surface area contributed by atoms with Gasteiger partial charge in [0, 0.05) is 0 Å². The molecule has 2 aromatic rings. The van der Waals surface area contributed by atoms with Crippen LogP contribution in [0.5, 0.6) is 0 Å². The van der Waals surface area contributed by atoms with Crippen LogP contribution in [0.2, 0.25) is 0 Å². The Bertz CT molecular complexity index is 699. The van der Waals surface area contributed by atoms with E-state index >= 15 is 0 Å². The van der Waals surface area contributed by atoms with Crippen LogP contribution in [0, 0.1) is 13.8 Å². The number of carbonyl (C=O) groups is 1. The van der Waals surface area contributed by atoms with Gasteiger partial charge < -0.3 is 4.52 Å². The van der Waals surface area contributed by atoms with Crippen molar-refractivity contribution in [2.45, 2.75) is 20.0 Å². The van der Waals surface area contributed by atoms with E-state index in [1.54, 1.807) is 0 Å². The molecule has 6 nitrogen and oxygen atoms in total. The van der Waals surface area contributed by atoms with Crippen LogP contribution in [-0.2, 0) is 0 Å². The molecule has 0 N–H and O–H groups in total. The predicted octanol–water partition coefficient (Wildman–Crippen LogP) is 1.20. The number of carbonyl (C=O) groups excluding carboxylic acids is 1. The number of hydrogen-bond donors (Lipinski definition) is 0. The molecule has 18 heavy (non-hydrogen) atoms. The zero-order valence-electron chi connectivity index (χ0n) is 9.20.